The van der Waals surface area contributed by atoms with Gasteiger partial charge in [-0.2, -0.15) is 5.10 Å². The Balaban J connectivity index is 1.80. The van der Waals surface area contributed by atoms with E-state index in [1.165, 1.54) is 0 Å². The topological polar surface area (TPSA) is 76.5 Å². The molecule has 1 fully saturated rings. The molecule has 7 heteroatoms. The molecule has 1 aromatic heterocycles. The van der Waals surface area contributed by atoms with Gasteiger partial charge in [-0.15, -0.1) is 0 Å². The molecule has 1 aromatic rings. The standard InChI is InChI=1S/C13H20N4O3/c1-3-20-13(19)17-6-4-11(5-7-17)15-12(18)10-8-14-16(2)9-10/h8-9,11H,3-7H2,1-2H3,(H,15,18). The quantitative estimate of drug-likeness (QED) is 0.887. The first-order valence-corrected chi connectivity index (χ1v) is 6.81. The third-order valence-electron chi connectivity index (χ3n) is 3.32. The number of amides is 2. The van der Waals surface area contributed by atoms with E-state index in [1.807, 2.05) is 0 Å². The minimum Gasteiger partial charge on any atom is -0.450 e. The number of aryl methyl sites for hydroxylation is 1. The minimum absolute atomic E-state index is 0.0911. The highest BCUT2D eigenvalue weighted by Gasteiger charge is 2.24. The van der Waals surface area contributed by atoms with Gasteiger partial charge in [-0.05, 0) is 19.8 Å². The van der Waals surface area contributed by atoms with E-state index in [1.54, 1.807) is 35.9 Å². The van der Waals surface area contributed by atoms with Crippen LogP contribution in [0.15, 0.2) is 12.4 Å². The zero-order chi connectivity index (χ0) is 14.5. The molecule has 20 heavy (non-hydrogen) atoms. The smallest absolute Gasteiger partial charge is 0.409 e. The number of ether oxygens (including phenoxy) is 1. The Morgan fingerprint density at radius 3 is 2.70 bits per heavy atom. The summed E-state index contributed by atoms with van der Waals surface area (Å²) < 4.78 is 6.55. The predicted octanol–water partition coefficient (Wildman–Crippen LogP) is 0.771. The van der Waals surface area contributed by atoms with Crippen LogP contribution in [0.5, 0.6) is 0 Å². The van der Waals surface area contributed by atoms with Gasteiger partial charge in [-0.1, -0.05) is 0 Å². The van der Waals surface area contributed by atoms with Crippen LogP contribution in [0.1, 0.15) is 30.1 Å². The fraction of sp³-hybridized carbons (Fsp3) is 0.615. The summed E-state index contributed by atoms with van der Waals surface area (Å²) in [5.74, 6) is -0.118. The Hall–Kier alpha value is -2.05. The number of likely N-dealkylation sites (tertiary alicyclic amines) is 1. The van der Waals surface area contributed by atoms with Gasteiger partial charge in [0, 0.05) is 32.4 Å². The maximum Gasteiger partial charge on any atom is 0.409 e. The fourth-order valence-electron chi connectivity index (χ4n) is 2.23. The molecule has 0 unspecified atom stereocenters. The number of rotatable bonds is 3. The van der Waals surface area contributed by atoms with E-state index in [2.05, 4.69) is 10.4 Å². The highest BCUT2D eigenvalue weighted by Crippen LogP contribution is 2.12. The van der Waals surface area contributed by atoms with Gasteiger partial charge in [0.25, 0.3) is 5.91 Å². The van der Waals surface area contributed by atoms with Gasteiger partial charge < -0.3 is 15.0 Å². The molecule has 0 radical (unpaired) electrons. The van der Waals surface area contributed by atoms with Crippen LogP contribution in [0.25, 0.3) is 0 Å². The summed E-state index contributed by atoms with van der Waals surface area (Å²) in [5.41, 5.74) is 0.556. The highest BCUT2D eigenvalue weighted by atomic mass is 16.6. The van der Waals surface area contributed by atoms with Crippen molar-refractivity contribution < 1.29 is 14.3 Å². The number of hydrogen-bond acceptors (Lipinski definition) is 4. The SMILES string of the molecule is CCOC(=O)N1CCC(NC(=O)c2cnn(C)c2)CC1. The lowest BCUT2D eigenvalue weighted by atomic mass is 10.1. The van der Waals surface area contributed by atoms with E-state index in [9.17, 15) is 9.59 Å². The summed E-state index contributed by atoms with van der Waals surface area (Å²) in [5, 5.41) is 6.94. The van der Waals surface area contributed by atoms with E-state index in [0.29, 0.717) is 25.3 Å². The molecule has 0 aromatic carbocycles. The lowest BCUT2D eigenvalue weighted by Gasteiger charge is -2.31. The number of hydrogen-bond donors (Lipinski definition) is 1. The molecule has 1 aliphatic heterocycles. The lowest BCUT2D eigenvalue weighted by molar-refractivity contribution is 0.0860. The Labute approximate surface area is 117 Å². The molecule has 0 atom stereocenters. The zero-order valence-corrected chi connectivity index (χ0v) is 11.8. The van der Waals surface area contributed by atoms with Crippen molar-refractivity contribution in [3.63, 3.8) is 0 Å². The molecular weight excluding hydrogens is 260 g/mol. The zero-order valence-electron chi connectivity index (χ0n) is 11.8. The number of aromatic nitrogens is 2. The third-order valence-corrected chi connectivity index (χ3v) is 3.32. The summed E-state index contributed by atoms with van der Waals surface area (Å²) in [6, 6.07) is 0.0911. The molecule has 0 saturated carbocycles. The van der Waals surface area contributed by atoms with E-state index in [0.717, 1.165) is 12.8 Å². The van der Waals surface area contributed by atoms with Crippen LogP contribution in [-0.2, 0) is 11.8 Å². The second-order valence-electron chi connectivity index (χ2n) is 4.84. The molecule has 1 saturated heterocycles. The van der Waals surface area contributed by atoms with E-state index in [4.69, 9.17) is 4.74 Å². The summed E-state index contributed by atoms with van der Waals surface area (Å²) >= 11 is 0. The molecule has 2 heterocycles. The molecular formula is C13H20N4O3. The van der Waals surface area contributed by atoms with Gasteiger partial charge in [0.15, 0.2) is 0 Å². The maximum absolute atomic E-state index is 12.0. The number of nitrogens with zero attached hydrogens (tertiary/aromatic N) is 3. The van der Waals surface area contributed by atoms with Gasteiger partial charge in [-0.25, -0.2) is 4.79 Å². The number of carbonyl (C=O) groups is 2. The Morgan fingerprint density at radius 2 is 2.15 bits per heavy atom. The molecule has 0 aliphatic carbocycles. The molecule has 7 nitrogen and oxygen atoms in total. The normalized spacial score (nSPS) is 16.0. The van der Waals surface area contributed by atoms with Crippen molar-refractivity contribution in [2.45, 2.75) is 25.8 Å². The van der Waals surface area contributed by atoms with Gasteiger partial charge in [-0.3, -0.25) is 9.48 Å². The second kappa shape index (κ2) is 6.40. The first kappa shape index (κ1) is 14.4. The molecule has 2 amide bonds. The van der Waals surface area contributed by atoms with E-state index < -0.39 is 0 Å². The van der Waals surface area contributed by atoms with Crippen molar-refractivity contribution in [2.75, 3.05) is 19.7 Å². The van der Waals surface area contributed by atoms with E-state index in [-0.39, 0.29) is 18.0 Å². The van der Waals surface area contributed by atoms with Crippen molar-refractivity contribution in [3.8, 4) is 0 Å². The van der Waals surface area contributed by atoms with Crippen LogP contribution in [0.3, 0.4) is 0 Å². The first-order valence-electron chi connectivity index (χ1n) is 6.81. The summed E-state index contributed by atoms with van der Waals surface area (Å²) in [6.07, 6.45) is 4.44. The maximum atomic E-state index is 12.0. The van der Waals surface area contributed by atoms with E-state index >= 15 is 0 Å². The van der Waals surface area contributed by atoms with Crippen LogP contribution in [0, 0.1) is 0 Å². The first-order chi connectivity index (χ1) is 9.60. The van der Waals surface area contributed by atoms with Gasteiger partial charge in [0.1, 0.15) is 0 Å². The summed E-state index contributed by atoms with van der Waals surface area (Å²) in [7, 11) is 1.77. The average molecular weight is 280 g/mol. The van der Waals surface area contributed by atoms with Crippen molar-refractivity contribution in [2.24, 2.45) is 7.05 Å². The Morgan fingerprint density at radius 1 is 1.45 bits per heavy atom. The second-order valence-corrected chi connectivity index (χ2v) is 4.84. The number of carbonyl (C=O) groups excluding carboxylic acids is 2. The van der Waals surface area contributed by atoms with Crippen LogP contribution in [0.4, 0.5) is 4.79 Å². The summed E-state index contributed by atoms with van der Waals surface area (Å²) in [6.45, 7) is 3.39. The molecule has 0 spiro atoms. The van der Waals surface area contributed by atoms with Crippen molar-refractivity contribution >= 4 is 12.0 Å². The Kier molecular flexibility index (Phi) is 4.60. The van der Waals surface area contributed by atoms with Crippen LogP contribution >= 0.6 is 0 Å². The monoisotopic (exact) mass is 280 g/mol. The van der Waals surface area contributed by atoms with Gasteiger partial charge >= 0.3 is 6.09 Å². The summed E-state index contributed by atoms with van der Waals surface area (Å²) in [4.78, 5) is 25.2. The third kappa shape index (κ3) is 3.49. The predicted molar refractivity (Wildman–Crippen MR) is 72.3 cm³/mol. The Bertz CT molecular complexity index is 478. The molecule has 2 rings (SSSR count). The lowest BCUT2D eigenvalue weighted by Crippen LogP contribution is -2.46. The van der Waals surface area contributed by atoms with Crippen LogP contribution < -0.4 is 5.32 Å². The van der Waals surface area contributed by atoms with Gasteiger partial charge in [0.2, 0.25) is 0 Å². The highest BCUT2D eigenvalue weighted by molar-refractivity contribution is 5.93. The minimum atomic E-state index is -0.274. The van der Waals surface area contributed by atoms with Crippen molar-refractivity contribution in [1.82, 2.24) is 20.0 Å². The molecule has 1 aliphatic rings. The van der Waals surface area contributed by atoms with Gasteiger partial charge in [0.05, 0.1) is 18.4 Å². The molecule has 110 valence electrons. The van der Waals surface area contributed by atoms with Crippen molar-refractivity contribution in [3.05, 3.63) is 18.0 Å². The number of nitrogens with one attached hydrogen (secondary N) is 1. The molecule has 0 bridgehead atoms. The largest absolute Gasteiger partial charge is 0.450 e. The van der Waals surface area contributed by atoms with Crippen molar-refractivity contribution in [1.29, 1.82) is 0 Å². The van der Waals surface area contributed by atoms with Crippen LogP contribution in [0.2, 0.25) is 0 Å². The fourth-order valence-corrected chi connectivity index (χ4v) is 2.23. The molecule has 1 N–H and O–H groups in total. The van der Waals surface area contributed by atoms with Crippen LogP contribution in [-0.4, -0.2) is 52.4 Å². The average Bonchev–Trinajstić information content (AvgIpc) is 2.86. The number of piperidine rings is 1.